The highest BCUT2D eigenvalue weighted by atomic mass is 19.1. The monoisotopic (exact) mass is 447 g/mol. The molecule has 4 aromatic rings. The zero-order valence-electron chi connectivity index (χ0n) is 18.9. The van der Waals surface area contributed by atoms with Gasteiger partial charge in [-0.2, -0.15) is 5.10 Å². The Hall–Kier alpha value is -3.94. The number of ether oxygens (including phenoxy) is 1. The zero-order valence-corrected chi connectivity index (χ0v) is 18.9. The van der Waals surface area contributed by atoms with Crippen LogP contribution in [0.1, 0.15) is 11.1 Å². The van der Waals surface area contributed by atoms with Crippen LogP contribution in [0.3, 0.4) is 0 Å². The number of methoxy groups -OCH3 is 1. The zero-order chi connectivity index (χ0) is 23.4. The average Bonchev–Trinajstić information content (AvgIpc) is 3.40. The number of amides is 1. The van der Waals surface area contributed by atoms with Crippen molar-refractivity contribution in [1.29, 1.82) is 0 Å². The Balaban J connectivity index is 1.51. The lowest BCUT2D eigenvalue weighted by atomic mass is 10.1. The van der Waals surface area contributed by atoms with Crippen molar-refractivity contribution >= 4 is 5.91 Å². The van der Waals surface area contributed by atoms with Crippen LogP contribution in [0.15, 0.2) is 61.1 Å². The van der Waals surface area contributed by atoms with Gasteiger partial charge in [0.2, 0.25) is 5.91 Å². The fourth-order valence-electron chi connectivity index (χ4n) is 3.81. The van der Waals surface area contributed by atoms with E-state index in [4.69, 9.17) is 4.74 Å². The first-order chi connectivity index (χ1) is 16.0. The van der Waals surface area contributed by atoms with E-state index in [-0.39, 0.29) is 18.1 Å². The van der Waals surface area contributed by atoms with E-state index >= 15 is 0 Å². The molecule has 1 N–H and O–H groups in total. The van der Waals surface area contributed by atoms with Gasteiger partial charge in [-0.3, -0.25) is 9.48 Å². The summed E-state index contributed by atoms with van der Waals surface area (Å²) in [6.45, 7) is 2.84. The van der Waals surface area contributed by atoms with E-state index in [1.54, 1.807) is 31.6 Å². The van der Waals surface area contributed by atoms with Crippen molar-refractivity contribution in [1.82, 2.24) is 24.6 Å². The molecule has 33 heavy (non-hydrogen) atoms. The van der Waals surface area contributed by atoms with Crippen molar-refractivity contribution in [2.75, 3.05) is 13.7 Å². The number of nitrogens with one attached hydrogen (secondary N) is 1. The van der Waals surface area contributed by atoms with E-state index < -0.39 is 0 Å². The standard InChI is InChI=1S/C25H26FN5O2/c1-17-4-9-22(33-3)19(14-17)15-23(32)27-11-13-31-24(25-28-10-12-30(25)2)21(16-29-31)18-5-7-20(26)8-6-18/h4-10,12,14,16H,11,13,15H2,1-3H3,(H,27,32). The predicted molar refractivity (Wildman–Crippen MR) is 124 cm³/mol. The van der Waals surface area contributed by atoms with Crippen LogP contribution in [0.5, 0.6) is 5.75 Å². The fourth-order valence-corrected chi connectivity index (χ4v) is 3.81. The van der Waals surface area contributed by atoms with Crippen LogP contribution < -0.4 is 10.1 Å². The third kappa shape index (κ3) is 4.95. The van der Waals surface area contributed by atoms with E-state index in [0.29, 0.717) is 18.8 Å². The highest BCUT2D eigenvalue weighted by molar-refractivity contribution is 5.80. The van der Waals surface area contributed by atoms with Gasteiger partial charge in [-0.15, -0.1) is 0 Å². The van der Waals surface area contributed by atoms with Gasteiger partial charge >= 0.3 is 0 Å². The molecule has 0 aliphatic carbocycles. The first kappa shape index (κ1) is 22.3. The predicted octanol–water partition coefficient (Wildman–Crippen LogP) is 3.77. The Kier molecular flexibility index (Phi) is 6.53. The molecule has 0 atom stereocenters. The molecule has 7 nitrogen and oxygen atoms in total. The van der Waals surface area contributed by atoms with Gasteiger partial charge in [0.25, 0.3) is 0 Å². The van der Waals surface area contributed by atoms with Crippen molar-refractivity contribution in [3.05, 3.63) is 78.0 Å². The van der Waals surface area contributed by atoms with Gasteiger partial charge in [-0.1, -0.05) is 29.8 Å². The Morgan fingerprint density at radius 1 is 1.18 bits per heavy atom. The van der Waals surface area contributed by atoms with Gasteiger partial charge in [-0.25, -0.2) is 9.37 Å². The second-order valence-corrected chi connectivity index (χ2v) is 7.84. The first-order valence-electron chi connectivity index (χ1n) is 10.7. The molecule has 4 rings (SSSR count). The molecule has 0 bridgehead atoms. The second-order valence-electron chi connectivity index (χ2n) is 7.84. The lowest BCUT2D eigenvalue weighted by molar-refractivity contribution is -0.120. The van der Waals surface area contributed by atoms with E-state index in [9.17, 15) is 9.18 Å². The molecule has 0 aliphatic heterocycles. The molecule has 0 spiro atoms. The SMILES string of the molecule is COc1ccc(C)cc1CC(=O)NCCn1ncc(-c2ccc(F)cc2)c1-c1nccn1C. The molecular weight excluding hydrogens is 421 g/mol. The summed E-state index contributed by atoms with van der Waals surface area (Å²) < 4.78 is 22.5. The Morgan fingerprint density at radius 3 is 2.67 bits per heavy atom. The maximum atomic E-state index is 13.4. The summed E-state index contributed by atoms with van der Waals surface area (Å²) in [6, 6.07) is 12.1. The Bertz CT molecular complexity index is 1260. The maximum Gasteiger partial charge on any atom is 0.224 e. The molecule has 8 heteroatoms. The minimum absolute atomic E-state index is 0.0941. The highest BCUT2D eigenvalue weighted by Crippen LogP contribution is 2.31. The summed E-state index contributed by atoms with van der Waals surface area (Å²) >= 11 is 0. The van der Waals surface area contributed by atoms with E-state index in [1.807, 2.05) is 47.6 Å². The number of aromatic nitrogens is 4. The van der Waals surface area contributed by atoms with Gasteiger partial charge < -0.3 is 14.6 Å². The fraction of sp³-hybridized carbons (Fsp3) is 0.240. The number of imidazole rings is 1. The number of carbonyl (C=O) groups excluding carboxylic acids is 1. The van der Waals surface area contributed by atoms with Crippen molar-refractivity contribution in [3.8, 4) is 28.4 Å². The largest absolute Gasteiger partial charge is 0.496 e. The van der Waals surface area contributed by atoms with Crippen LogP contribution in [0.4, 0.5) is 4.39 Å². The summed E-state index contributed by atoms with van der Waals surface area (Å²) in [6.07, 6.45) is 5.56. The van der Waals surface area contributed by atoms with Gasteiger partial charge in [0, 0.05) is 37.1 Å². The van der Waals surface area contributed by atoms with E-state index in [1.165, 1.54) is 12.1 Å². The molecule has 2 aromatic carbocycles. The summed E-state index contributed by atoms with van der Waals surface area (Å²) in [7, 11) is 3.51. The molecule has 0 saturated heterocycles. The number of carbonyl (C=O) groups is 1. The van der Waals surface area contributed by atoms with Crippen LogP contribution in [0.2, 0.25) is 0 Å². The molecule has 0 unspecified atom stereocenters. The lowest BCUT2D eigenvalue weighted by Crippen LogP contribution is -2.29. The minimum atomic E-state index is -0.294. The highest BCUT2D eigenvalue weighted by Gasteiger charge is 2.18. The van der Waals surface area contributed by atoms with E-state index in [2.05, 4.69) is 15.4 Å². The number of nitrogens with zero attached hydrogens (tertiary/aromatic N) is 4. The third-order valence-electron chi connectivity index (χ3n) is 5.46. The van der Waals surface area contributed by atoms with Crippen molar-refractivity contribution in [2.45, 2.75) is 19.9 Å². The van der Waals surface area contributed by atoms with Crippen LogP contribution >= 0.6 is 0 Å². The van der Waals surface area contributed by atoms with Gasteiger partial charge in [0.1, 0.15) is 17.3 Å². The number of halogens is 1. The van der Waals surface area contributed by atoms with Gasteiger partial charge in [-0.05, 0) is 30.7 Å². The molecule has 0 fully saturated rings. The quantitative estimate of drug-likeness (QED) is 0.446. The minimum Gasteiger partial charge on any atom is -0.496 e. The summed E-state index contributed by atoms with van der Waals surface area (Å²) in [5, 5.41) is 7.49. The van der Waals surface area contributed by atoms with Crippen molar-refractivity contribution in [3.63, 3.8) is 0 Å². The molecule has 170 valence electrons. The number of hydrogen-bond donors (Lipinski definition) is 1. The van der Waals surface area contributed by atoms with Gasteiger partial charge in [0.05, 0.1) is 26.3 Å². The molecule has 2 heterocycles. The van der Waals surface area contributed by atoms with Crippen molar-refractivity contribution in [2.24, 2.45) is 7.05 Å². The number of rotatable bonds is 8. The molecule has 2 aromatic heterocycles. The average molecular weight is 448 g/mol. The van der Waals surface area contributed by atoms with Crippen LogP contribution in [-0.4, -0.2) is 38.9 Å². The second kappa shape index (κ2) is 9.68. The van der Waals surface area contributed by atoms with Crippen LogP contribution in [0.25, 0.3) is 22.6 Å². The van der Waals surface area contributed by atoms with Crippen LogP contribution in [0, 0.1) is 12.7 Å². The maximum absolute atomic E-state index is 13.4. The number of benzene rings is 2. The molecule has 1 amide bonds. The van der Waals surface area contributed by atoms with Gasteiger partial charge in [0.15, 0.2) is 5.82 Å². The molecule has 0 radical (unpaired) electrons. The molecule has 0 saturated carbocycles. The molecular formula is C25H26FN5O2. The number of aryl methyl sites for hydroxylation is 2. The lowest BCUT2D eigenvalue weighted by Gasteiger charge is -2.12. The third-order valence-corrected chi connectivity index (χ3v) is 5.46. The first-order valence-corrected chi connectivity index (χ1v) is 10.7. The Morgan fingerprint density at radius 2 is 1.97 bits per heavy atom. The normalized spacial score (nSPS) is 10.9. The number of hydrogen-bond acceptors (Lipinski definition) is 4. The van der Waals surface area contributed by atoms with E-state index in [0.717, 1.165) is 33.8 Å². The summed E-state index contributed by atoms with van der Waals surface area (Å²) in [5.41, 5.74) is 4.42. The van der Waals surface area contributed by atoms with Crippen molar-refractivity contribution < 1.29 is 13.9 Å². The summed E-state index contributed by atoms with van der Waals surface area (Å²) in [5.74, 6) is 1.05. The van der Waals surface area contributed by atoms with Crippen LogP contribution in [-0.2, 0) is 24.8 Å². The smallest absolute Gasteiger partial charge is 0.224 e. The molecule has 0 aliphatic rings. The summed E-state index contributed by atoms with van der Waals surface area (Å²) in [4.78, 5) is 17.0. The topological polar surface area (TPSA) is 74.0 Å². The Labute approximate surface area is 191 Å².